The molecule has 0 spiro atoms. The molecule has 1 heterocycles. The predicted molar refractivity (Wildman–Crippen MR) is 116 cm³/mol. The van der Waals surface area contributed by atoms with E-state index in [1.165, 1.54) is 12.1 Å². The van der Waals surface area contributed by atoms with E-state index in [-0.39, 0.29) is 24.5 Å². The van der Waals surface area contributed by atoms with Crippen LogP contribution < -0.4 is 17.0 Å². The summed E-state index contributed by atoms with van der Waals surface area (Å²) in [5.41, 5.74) is 5.28. The fourth-order valence-corrected chi connectivity index (χ4v) is 3.27. The number of aromatic nitrogens is 2. The van der Waals surface area contributed by atoms with E-state index in [9.17, 15) is 23.6 Å². The van der Waals surface area contributed by atoms with Crippen LogP contribution in [0.25, 0.3) is 0 Å². The largest absolute Gasteiger partial charge is 0.454 e. The zero-order valence-electron chi connectivity index (χ0n) is 17.6. The third kappa shape index (κ3) is 4.51. The van der Waals surface area contributed by atoms with Gasteiger partial charge in [-0.3, -0.25) is 18.7 Å². The van der Waals surface area contributed by atoms with Crippen molar-refractivity contribution >= 4 is 17.6 Å². The first-order valence-electron chi connectivity index (χ1n) is 9.88. The van der Waals surface area contributed by atoms with Crippen LogP contribution in [0.4, 0.5) is 10.2 Å². The van der Waals surface area contributed by atoms with Gasteiger partial charge < -0.3 is 10.5 Å². The summed E-state index contributed by atoms with van der Waals surface area (Å²) in [5, 5.41) is 0. The van der Waals surface area contributed by atoms with Crippen LogP contribution in [0.5, 0.6) is 0 Å². The van der Waals surface area contributed by atoms with E-state index < -0.39 is 41.0 Å². The number of carbonyl (C=O) groups is 2. The summed E-state index contributed by atoms with van der Waals surface area (Å²) in [7, 11) is 0. The first-order chi connectivity index (χ1) is 15.2. The van der Waals surface area contributed by atoms with Crippen molar-refractivity contribution in [2.75, 3.05) is 12.3 Å². The molecule has 0 bridgehead atoms. The van der Waals surface area contributed by atoms with E-state index >= 15 is 0 Å². The van der Waals surface area contributed by atoms with Gasteiger partial charge in [-0.15, -0.1) is 0 Å². The van der Waals surface area contributed by atoms with Crippen LogP contribution in [0.15, 0.2) is 58.1 Å². The molecule has 9 heteroatoms. The Morgan fingerprint density at radius 2 is 1.75 bits per heavy atom. The zero-order chi connectivity index (χ0) is 23.4. The van der Waals surface area contributed by atoms with Gasteiger partial charge in [-0.1, -0.05) is 36.4 Å². The summed E-state index contributed by atoms with van der Waals surface area (Å²) in [4.78, 5) is 50.6. The normalized spacial score (nSPS) is 10.7. The third-order valence-corrected chi connectivity index (χ3v) is 5.00. The van der Waals surface area contributed by atoms with Gasteiger partial charge in [-0.25, -0.2) is 14.0 Å². The Hall–Kier alpha value is -4.01. The molecule has 0 radical (unpaired) electrons. The molecule has 3 rings (SSSR count). The predicted octanol–water partition coefficient (Wildman–Crippen LogP) is 2.15. The second-order valence-electron chi connectivity index (χ2n) is 7.12. The lowest BCUT2D eigenvalue weighted by Gasteiger charge is -2.16. The molecule has 0 atom stereocenters. The van der Waals surface area contributed by atoms with E-state index in [1.807, 2.05) is 6.07 Å². The van der Waals surface area contributed by atoms with E-state index in [2.05, 4.69) is 0 Å². The Kier molecular flexibility index (Phi) is 6.67. The number of nitrogen functional groups attached to an aromatic ring is 1. The van der Waals surface area contributed by atoms with Crippen LogP contribution in [0, 0.1) is 12.7 Å². The van der Waals surface area contributed by atoms with Gasteiger partial charge in [0.1, 0.15) is 17.2 Å². The second-order valence-corrected chi connectivity index (χ2v) is 7.12. The summed E-state index contributed by atoms with van der Waals surface area (Å²) in [6.45, 7) is 2.47. The smallest absolute Gasteiger partial charge is 0.338 e. The standard InChI is InChI=1S/C23H22FN3O5/c1-3-26-21(29)19(20(25)27(23(26)31)12-15-7-5-4-6-8-15)18(28)13-32-22(30)17-11-16(24)10-9-14(17)2/h4-11H,3,12-13,25H2,1-2H3. The molecule has 0 aliphatic carbocycles. The number of nitrogens with two attached hydrogens (primary N) is 1. The molecule has 3 aromatic rings. The molecule has 0 saturated heterocycles. The molecule has 32 heavy (non-hydrogen) atoms. The zero-order valence-corrected chi connectivity index (χ0v) is 17.6. The molecule has 0 aliphatic rings. The lowest BCUT2D eigenvalue weighted by molar-refractivity contribution is 0.0473. The number of rotatable bonds is 7. The lowest BCUT2D eigenvalue weighted by atomic mass is 10.1. The Labute approximate surface area is 182 Å². The summed E-state index contributed by atoms with van der Waals surface area (Å²) < 4.78 is 20.5. The van der Waals surface area contributed by atoms with Crippen molar-refractivity contribution in [2.24, 2.45) is 0 Å². The van der Waals surface area contributed by atoms with E-state index in [4.69, 9.17) is 10.5 Å². The van der Waals surface area contributed by atoms with Crippen molar-refractivity contribution in [3.05, 3.63) is 97.4 Å². The van der Waals surface area contributed by atoms with Crippen molar-refractivity contribution in [3.8, 4) is 0 Å². The maximum Gasteiger partial charge on any atom is 0.338 e. The van der Waals surface area contributed by atoms with Gasteiger partial charge in [0.15, 0.2) is 6.61 Å². The van der Waals surface area contributed by atoms with Crippen molar-refractivity contribution in [1.29, 1.82) is 0 Å². The fourth-order valence-electron chi connectivity index (χ4n) is 3.27. The summed E-state index contributed by atoms with van der Waals surface area (Å²) >= 11 is 0. The van der Waals surface area contributed by atoms with E-state index in [1.54, 1.807) is 38.1 Å². The highest BCUT2D eigenvalue weighted by Gasteiger charge is 2.24. The molecule has 8 nitrogen and oxygen atoms in total. The van der Waals surface area contributed by atoms with Crippen LogP contribution in [-0.4, -0.2) is 27.5 Å². The molecule has 2 N–H and O–H groups in total. The number of aryl methyl sites for hydroxylation is 1. The van der Waals surface area contributed by atoms with Gasteiger partial charge in [0.25, 0.3) is 5.56 Å². The SMILES string of the molecule is CCn1c(=O)c(C(=O)COC(=O)c2cc(F)ccc2C)c(N)n(Cc2ccccc2)c1=O. The van der Waals surface area contributed by atoms with E-state index in [0.29, 0.717) is 5.56 Å². The highest BCUT2D eigenvalue weighted by Crippen LogP contribution is 2.13. The van der Waals surface area contributed by atoms with Crippen molar-refractivity contribution in [2.45, 2.75) is 26.9 Å². The van der Waals surface area contributed by atoms with Crippen molar-refractivity contribution < 1.29 is 18.7 Å². The number of halogens is 1. The Balaban J connectivity index is 1.94. The van der Waals surface area contributed by atoms with Crippen LogP contribution in [0.1, 0.15) is 38.8 Å². The van der Waals surface area contributed by atoms with Gasteiger partial charge in [0.05, 0.1) is 12.1 Å². The number of hydrogen-bond acceptors (Lipinski definition) is 6. The van der Waals surface area contributed by atoms with Crippen molar-refractivity contribution in [3.63, 3.8) is 0 Å². The Morgan fingerprint density at radius 3 is 2.41 bits per heavy atom. The quantitative estimate of drug-likeness (QED) is 0.446. The van der Waals surface area contributed by atoms with Gasteiger partial charge >= 0.3 is 11.7 Å². The van der Waals surface area contributed by atoms with Gasteiger partial charge in [0, 0.05) is 6.54 Å². The molecule has 2 aromatic carbocycles. The molecule has 166 valence electrons. The van der Waals surface area contributed by atoms with Crippen LogP contribution in [0.2, 0.25) is 0 Å². The number of carbonyl (C=O) groups excluding carboxylic acids is 2. The Bertz CT molecular complexity index is 1300. The minimum absolute atomic E-state index is 0.0231. The molecule has 0 saturated carbocycles. The monoisotopic (exact) mass is 439 g/mol. The average Bonchev–Trinajstić information content (AvgIpc) is 2.77. The van der Waals surface area contributed by atoms with Crippen molar-refractivity contribution in [1.82, 2.24) is 9.13 Å². The molecule has 0 aliphatic heterocycles. The number of esters is 1. The van der Waals surface area contributed by atoms with E-state index in [0.717, 1.165) is 20.8 Å². The molecule has 0 amide bonds. The maximum atomic E-state index is 13.5. The summed E-state index contributed by atoms with van der Waals surface area (Å²) in [5.74, 6) is -2.71. The number of hydrogen-bond donors (Lipinski definition) is 1. The second kappa shape index (κ2) is 9.42. The first kappa shape index (κ1) is 22.7. The van der Waals surface area contributed by atoms with Gasteiger partial charge in [0.2, 0.25) is 5.78 Å². The maximum absolute atomic E-state index is 13.5. The highest BCUT2D eigenvalue weighted by atomic mass is 19.1. The first-order valence-corrected chi connectivity index (χ1v) is 9.88. The number of Topliss-reactive ketones (excluding diaryl/α,β-unsaturated/α-hetero) is 1. The van der Waals surface area contributed by atoms with Crippen LogP contribution >= 0.6 is 0 Å². The number of ether oxygens (including phenoxy) is 1. The number of nitrogens with zero attached hydrogens (tertiary/aromatic N) is 2. The minimum Gasteiger partial charge on any atom is -0.454 e. The molecular weight excluding hydrogens is 417 g/mol. The van der Waals surface area contributed by atoms with Crippen LogP contribution in [0.3, 0.4) is 0 Å². The van der Waals surface area contributed by atoms with Gasteiger partial charge in [-0.2, -0.15) is 0 Å². The lowest BCUT2D eigenvalue weighted by Crippen LogP contribution is -2.44. The molecule has 0 unspecified atom stereocenters. The Morgan fingerprint density at radius 1 is 1.06 bits per heavy atom. The molecule has 1 aromatic heterocycles. The highest BCUT2D eigenvalue weighted by molar-refractivity contribution is 6.02. The number of benzene rings is 2. The summed E-state index contributed by atoms with van der Waals surface area (Å²) in [6.07, 6.45) is 0. The minimum atomic E-state index is -0.914. The number of ketones is 1. The van der Waals surface area contributed by atoms with Gasteiger partial charge in [-0.05, 0) is 37.1 Å². The third-order valence-electron chi connectivity index (χ3n) is 5.00. The topological polar surface area (TPSA) is 113 Å². The number of anilines is 1. The summed E-state index contributed by atoms with van der Waals surface area (Å²) in [6, 6.07) is 12.5. The fraction of sp³-hybridized carbons (Fsp3) is 0.217. The average molecular weight is 439 g/mol. The van der Waals surface area contributed by atoms with Crippen LogP contribution in [-0.2, 0) is 17.8 Å². The molecular formula is C23H22FN3O5. The molecule has 0 fully saturated rings.